The number of pyridine rings is 1. The monoisotopic (exact) mass is 415 g/mol. The van der Waals surface area contributed by atoms with Crippen molar-refractivity contribution in [3.05, 3.63) is 48.3 Å². The predicted octanol–water partition coefficient (Wildman–Crippen LogP) is 4.04. The number of hydrogen-bond acceptors (Lipinski definition) is 7. The molecule has 0 aliphatic rings. The van der Waals surface area contributed by atoms with Gasteiger partial charge in [-0.25, -0.2) is 4.98 Å². The van der Waals surface area contributed by atoms with E-state index in [0.29, 0.717) is 5.75 Å². The molecule has 0 fully saturated rings. The van der Waals surface area contributed by atoms with E-state index in [1.165, 1.54) is 19.4 Å². The molecule has 7 heteroatoms. The summed E-state index contributed by atoms with van der Waals surface area (Å²) in [5, 5.41) is 10.1. The summed E-state index contributed by atoms with van der Waals surface area (Å²) in [4.78, 5) is 29.1. The molecule has 3 atom stereocenters. The van der Waals surface area contributed by atoms with Gasteiger partial charge in [0.1, 0.15) is 18.0 Å². The second kappa shape index (κ2) is 10.6. The topological polar surface area (TPSA) is 95.0 Å². The number of para-hydroxylation sites is 1. The van der Waals surface area contributed by atoms with Gasteiger partial charge in [-0.3, -0.25) is 9.59 Å². The first-order valence-electron chi connectivity index (χ1n) is 9.91. The van der Waals surface area contributed by atoms with Gasteiger partial charge in [0.2, 0.25) is 0 Å². The van der Waals surface area contributed by atoms with Gasteiger partial charge in [-0.05, 0) is 25.0 Å². The van der Waals surface area contributed by atoms with Crippen molar-refractivity contribution in [2.75, 3.05) is 7.11 Å². The molecule has 30 heavy (non-hydrogen) atoms. The van der Waals surface area contributed by atoms with Crippen molar-refractivity contribution < 1.29 is 28.9 Å². The van der Waals surface area contributed by atoms with Crippen molar-refractivity contribution in [2.24, 2.45) is 11.8 Å². The molecule has 0 amide bonds. The van der Waals surface area contributed by atoms with Crippen LogP contribution in [0.3, 0.4) is 0 Å². The quantitative estimate of drug-likeness (QED) is 0.462. The molecule has 2 rings (SSSR count). The number of ketones is 1. The van der Waals surface area contributed by atoms with Crippen molar-refractivity contribution in [1.29, 1.82) is 0 Å². The highest BCUT2D eigenvalue weighted by Crippen LogP contribution is 2.29. The van der Waals surface area contributed by atoms with Crippen molar-refractivity contribution in [3.63, 3.8) is 0 Å². The molecule has 1 heterocycles. The molecule has 0 spiro atoms. The number of esters is 1. The molecule has 0 bridgehead atoms. The highest BCUT2D eigenvalue weighted by molar-refractivity contribution is 5.99. The van der Waals surface area contributed by atoms with Gasteiger partial charge in [-0.15, -0.1) is 0 Å². The van der Waals surface area contributed by atoms with Crippen molar-refractivity contribution in [2.45, 2.75) is 46.3 Å². The lowest BCUT2D eigenvalue weighted by Crippen LogP contribution is -2.39. The number of carbonyl (C=O) groups is 2. The molecule has 0 aliphatic carbocycles. The summed E-state index contributed by atoms with van der Waals surface area (Å²) < 4.78 is 16.6. The average Bonchev–Trinajstić information content (AvgIpc) is 2.72. The van der Waals surface area contributed by atoms with Crippen molar-refractivity contribution >= 4 is 11.8 Å². The third-order valence-electron chi connectivity index (χ3n) is 4.70. The Morgan fingerprint density at radius 1 is 1.07 bits per heavy atom. The minimum absolute atomic E-state index is 0.0136. The highest BCUT2D eigenvalue weighted by Gasteiger charge is 2.30. The van der Waals surface area contributed by atoms with Crippen LogP contribution in [0, 0.1) is 11.8 Å². The molecule has 1 N–H and O–H groups in total. The van der Waals surface area contributed by atoms with Crippen molar-refractivity contribution in [3.8, 4) is 17.2 Å². The summed E-state index contributed by atoms with van der Waals surface area (Å²) in [6.07, 6.45) is 0.360. The zero-order valence-corrected chi connectivity index (χ0v) is 18.0. The van der Waals surface area contributed by atoms with Crippen LogP contribution in [0.2, 0.25) is 0 Å². The Bertz CT molecular complexity index is 852. The second-order valence-corrected chi connectivity index (χ2v) is 7.52. The summed E-state index contributed by atoms with van der Waals surface area (Å²) in [5.41, 5.74) is -0.129. The van der Waals surface area contributed by atoms with Crippen LogP contribution >= 0.6 is 0 Å². The van der Waals surface area contributed by atoms with E-state index in [4.69, 9.17) is 14.2 Å². The average molecular weight is 415 g/mol. The maximum atomic E-state index is 12.7. The number of benzene rings is 1. The van der Waals surface area contributed by atoms with Gasteiger partial charge < -0.3 is 19.3 Å². The predicted molar refractivity (Wildman–Crippen MR) is 112 cm³/mol. The van der Waals surface area contributed by atoms with E-state index in [9.17, 15) is 14.7 Å². The molecule has 1 aromatic carbocycles. The molecule has 162 valence electrons. The Morgan fingerprint density at radius 3 is 2.33 bits per heavy atom. The molecule has 1 aromatic heterocycles. The van der Waals surface area contributed by atoms with Crippen LogP contribution in [0.1, 0.15) is 44.6 Å². The molecule has 0 radical (unpaired) electrons. The molecular weight excluding hydrogens is 386 g/mol. The van der Waals surface area contributed by atoms with Gasteiger partial charge in [-0.1, -0.05) is 39.0 Å². The lowest BCUT2D eigenvalue weighted by molar-refractivity contribution is -0.161. The van der Waals surface area contributed by atoms with E-state index in [1.807, 2.05) is 51.1 Å². The molecule has 0 saturated carbocycles. The first-order valence-corrected chi connectivity index (χ1v) is 9.91. The van der Waals surface area contributed by atoms with E-state index in [2.05, 4.69) is 4.98 Å². The van der Waals surface area contributed by atoms with Crippen molar-refractivity contribution in [1.82, 2.24) is 4.98 Å². The van der Waals surface area contributed by atoms with Crippen LogP contribution in [-0.2, 0) is 9.53 Å². The Balaban J connectivity index is 2.02. The summed E-state index contributed by atoms with van der Waals surface area (Å²) in [7, 11) is 1.38. The summed E-state index contributed by atoms with van der Waals surface area (Å²) in [6.45, 7) is 7.34. The minimum atomic E-state index is -0.713. The lowest BCUT2D eigenvalue weighted by atomic mass is 10.00. The van der Waals surface area contributed by atoms with E-state index in [0.717, 1.165) is 0 Å². The first-order chi connectivity index (χ1) is 14.2. The number of methoxy groups -OCH3 is 1. The molecule has 0 saturated heterocycles. The van der Waals surface area contributed by atoms with Crippen LogP contribution in [0.5, 0.6) is 17.2 Å². The fourth-order valence-electron chi connectivity index (χ4n) is 3.07. The Morgan fingerprint density at radius 2 is 1.73 bits per heavy atom. The SMILES string of the molecule is COc1ccnc(C(=O)C[C@@H](C)C(=O)O[C@H](C(C)C)[C@@H](C)Oc2ccccc2)c1O. The molecular formula is C23H29NO6. The van der Waals surface area contributed by atoms with E-state index >= 15 is 0 Å². The van der Waals surface area contributed by atoms with Crippen LogP contribution in [0.25, 0.3) is 0 Å². The van der Waals surface area contributed by atoms with Gasteiger partial charge in [0, 0.05) is 18.7 Å². The molecule has 7 nitrogen and oxygen atoms in total. The molecule has 0 aliphatic heterocycles. The Hall–Kier alpha value is -3.09. The van der Waals surface area contributed by atoms with Gasteiger partial charge in [0.15, 0.2) is 23.0 Å². The first kappa shape index (κ1) is 23.2. The second-order valence-electron chi connectivity index (χ2n) is 7.52. The van der Waals surface area contributed by atoms with Gasteiger partial charge in [-0.2, -0.15) is 0 Å². The number of nitrogens with zero attached hydrogens (tertiary/aromatic N) is 1. The third-order valence-corrected chi connectivity index (χ3v) is 4.70. The summed E-state index contributed by atoms with van der Waals surface area (Å²) in [5.74, 6) is -1.17. The highest BCUT2D eigenvalue weighted by atomic mass is 16.6. The van der Waals surface area contributed by atoms with Gasteiger partial charge in [0.05, 0.1) is 13.0 Å². The van der Waals surface area contributed by atoms with Gasteiger partial charge >= 0.3 is 5.97 Å². The minimum Gasteiger partial charge on any atom is -0.503 e. The van der Waals surface area contributed by atoms with Crippen LogP contribution in [0.15, 0.2) is 42.6 Å². The number of carbonyl (C=O) groups excluding carboxylic acids is 2. The largest absolute Gasteiger partial charge is 0.503 e. The summed E-state index contributed by atoms with van der Waals surface area (Å²) >= 11 is 0. The number of rotatable bonds is 10. The van der Waals surface area contributed by atoms with E-state index < -0.39 is 23.8 Å². The normalized spacial score (nSPS) is 13.9. The smallest absolute Gasteiger partial charge is 0.309 e. The number of ether oxygens (including phenoxy) is 3. The third kappa shape index (κ3) is 5.95. The zero-order valence-electron chi connectivity index (χ0n) is 18.0. The van der Waals surface area contributed by atoms with Crippen LogP contribution in [-0.4, -0.2) is 41.2 Å². The fourth-order valence-corrected chi connectivity index (χ4v) is 3.07. The number of hydrogen-bond donors (Lipinski definition) is 1. The standard InChI is InChI=1S/C23H29NO6/c1-14(2)22(16(4)29-17-9-7-6-8-10-17)30-23(27)15(3)13-18(25)20-21(26)19(28-5)11-12-24-20/h6-12,14-16,22,26H,13H2,1-5H3/t15-,16-,22-/m1/s1. The number of aromatic nitrogens is 1. The lowest BCUT2D eigenvalue weighted by Gasteiger charge is -2.29. The zero-order chi connectivity index (χ0) is 22.3. The Kier molecular flexibility index (Phi) is 8.21. The molecule has 2 aromatic rings. The van der Waals surface area contributed by atoms with E-state index in [1.54, 1.807) is 6.92 Å². The summed E-state index contributed by atoms with van der Waals surface area (Å²) in [6, 6.07) is 10.8. The van der Waals surface area contributed by atoms with Crippen LogP contribution < -0.4 is 9.47 Å². The maximum absolute atomic E-state index is 12.7. The fraction of sp³-hybridized carbons (Fsp3) is 0.435. The van der Waals surface area contributed by atoms with E-state index in [-0.39, 0.29) is 35.6 Å². The number of aromatic hydroxyl groups is 1. The number of Topliss-reactive ketones (excluding diaryl/α,β-unsaturated/α-hetero) is 1. The Labute approximate surface area is 177 Å². The van der Waals surface area contributed by atoms with Crippen LogP contribution in [0.4, 0.5) is 0 Å². The van der Waals surface area contributed by atoms with Gasteiger partial charge in [0.25, 0.3) is 0 Å². The molecule has 0 unspecified atom stereocenters. The maximum Gasteiger partial charge on any atom is 0.309 e.